The second-order valence-electron chi connectivity index (χ2n) is 8.63. The summed E-state index contributed by atoms with van der Waals surface area (Å²) in [6, 6.07) is 37.7. The van der Waals surface area contributed by atoms with Gasteiger partial charge in [-0.2, -0.15) is 0 Å². The molecule has 4 nitrogen and oxygen atoms in total. The zero-order valence-corrected chi connectivity index (χ0v) is 22.5. The van der Waals surface area contributed by atoms with Crippen molar-refractivity contribution in [1.82, 2.24) is 0 Å². The first-order chi connectivity index (χ1) is 18.1. The van der Waals surface area contributed by atoms with Crippen molar-refractivity contribution in [3.8, 4) is 10.1 Å². The Morgan fingerprint density at radius 2 is 0.730 bits per heavy atom. The number of thiophene rings is 1. The fraction of sp³-hybridized carbons (Fsp3) is 0.0667. The maximum atomic E-state index is 15.6. The van der Waals surface area contributed by atoms with Gasteiger partial charge < -0.3 is 18.6 Å². The van der Waals surface area contributed by atoms with Gasteiger partial charge in [0.1, 0.15) is 13.2 Å². The molecule has 0 amide bonds. The topological polar surface area (TPSA) is 52.6 Å². The van der Waals surface area contributed by atoms with E-state index >= 15 is 9.13 Å². The van der Waals surface area contributed by atoms with Crippen LogP contribution in [0.5, 0.6) is 10.1 Å². The van der Waals surface area contributed by atoms with Gasteiger partial charge in [0, 0.05) is 21.2 Å². The Kier molecular flexibility index (Phi) is 6.38. The normalized spacial score (nSPS) is 13.3. The molecule has 0 spiro atoms. The van der Waals surface area contributed by atoms with Crippen molar-refractivity contribution in [2.45, 2.75) is 0 Å². The quantitative estimate of drug-likeness (QED) is 0.290. The van der Waals surface area contributed by atoms with Crippen LogP contribution in [0.1, 0.15) is 0 Å². The molecule has 2 bridgehead atoms. The standard InChI is InChI=1S/C30H24O4P2S/c31-35(23-13-5-1-6-14-23,24-15-7-2-8-16-24)27-28(30-34-22-21-33-29(27)37-30)36(32,25-17-9-3-10-18-25)26-19-11-4-12-20-26/h1-20H,21-22H2. The Bertz CT molecular complexity index is 1410. The predicted octanol–water partition coefficient (Wildman–Crippen LogP) is 4.80. The molecule has 0 N–H and O–H groups in total. The zero-order valence-electron chi connectivity index (χ0n) is 19.9. The third-order valence-electron chi connectivity index (χ3n) is 6.46. The van der Waals surface area contributed by atoms with Crippen LogP contribution in [0.4, 0.5) is 0 Å². The maximum Gasteiger partial charge on any atom is 0.189 e. The average Bonchev–Trinajstić information content (AvgIpc) is 3.17. The lowest BCUT2D eigenvalue weighted by Gasteiger charge is -2.27. The highest BCUT2D eigenvalue weighted by atomic mass is 32.1. The van der Waals surface area contributed by atoms with Crippen LogP contribution in [0.2, 0.25) is 0 Å². The van der Waals surface area contributed by atoms with Crippen molar-refractivity contribution in [3.63, 3.8) is 0 Å². The number of hydrogen-bond acceptors (Lipinski definition) is 5. The van der Waals surface area contributed by atoms with Crippen LogP contribution in [-0.4, -0.2) is 13.2 Å². The summed E-state index contributed by atoms with van der Waals surface area (Å²) in [7, 11) is -7.06. The molecule has 0 atom stereocenters. The van der Waals surface area contributed by atoms with Gasteiger partial charge in [0.15, 0.2) is 24.4 Å². The van der Waals surface area contributed by atoms with E-state index in [9.17, 15) is 0 Å². The van der Waals surface area contributed by atoms with Gasteiger partial charge in [-0.15, -0.1) is 0 Å². The largest absolute Gasteiger partial charge is 0.480 e. The van der Waals surface area contributed by atoms with Crippen molar-refractivity contribution in [2.75, 3.05) is 13.2 Å². The van der Waals surface area contributed by atoms with E-state index in [1.165, 1.54) is 11.3 Å². The van der Waals surface area contributed by atoms with Crippen molar-refractivity contribution < 1.29 is 18.6 Å². The SMILES string of the molecule is O=P(c1ccccc1)(c1ccccc1)c1c2sc(c1P(=O)(c1ccccc1)c1ccccc1)OCCO2. The molecule has 0 unspecified atom stereocenters. The molecule has 0 aliphatic carbocycles. The molecule has 5 aromatic rings. The fourth-order valence-corrected chi connectivity index (χ4v) is 13.1. The van der Waals surface area contributed by atoms with E-state index in [2.05, 4.69) is 0 Å². The molecule has 0 saturated heterocycles. The van der Waals surface area contributed by atoms with Crippen LogP contribution < -0.4 is 41.3 Å². The average molecular weight is 543 g/mol. The van der Waals surface area contributed by atoms with E-state index in [0.29, 0.717) is 55.2 Å². The van der Waals surface area contributed by atoms with Crippen LogP contribution in [-0.2, 0) is 9.13 Å². The van der Waals surface area contributed by atoms with Crippen LogP contribution >= 0.6 is 25.6 Å². The molecule has 1 aliphatic rings. The summed E-state index contributed by atoms with van der Waals surface area (Å²) in [5.74, 6) is 0. The highest BCUT2D eigenvalue weighted by molar-refractivity contribution is 7.91. The Hall–Kier alpha value is -3.36. The summed E-state index contributed by atoms with van der Waals surface area (Å²) >= 11 is 1.29. The second-order valence-corrected chi connectivity index (χ2v) is 15.0. The molecule has 6 rings (SSSR count). The zero-order chi connectivity index (χ0) is 25.3. The minimum Gasteiger partial charge on any atom is -0.480 e. The van der Waals surface area contributed by atoms with E-state index in [4.69, 9.17) is 9.47 Å². The maximum absolute atomic E-state index is 15.6. The Labute approximate surface area is 220 Å². The lowest BCUT2D eigenvalue weighted by molar-refractivity contribution is 0.231. The van der Waals surface area contributed by atoms with Gasteiger partial charge in [0.05, 0.1) is 10.6 Å². The van der Waals surface area contributed by atoms with Crippen LogP contribution in [0.25, 0.3) is 0 Å². The minimum absolute atomic E-state index is 0.327. The van der Waals surface area contributed by atoms with E-state index in [0.717, 1.165) is 0 Å². The Balaban J connectivity index is 1.76. The third kappa shape index (κ3) is 3.99. The monoisotopic (exact) mass is 542 g/mol. The first-order valence-electron chi connectivity index (χ1n) is 12.0. The molecule has 2 heterocycles. The van der Waals surface area contributed by atoms with Crippen LogP contribution in [0, 0.1) is 0 Å². The van der Waals surface area contributed by atoms with Gasteiger partial charge >= 0.3 is 0 Å². The molecule has 184 valence electrons. The molecule has 37 heavy (non-hydrogen) atoms. The molecular formula is C30H24O4P2S. The fourth-order valence-electron chi connectivity index (χ4n) is 4.76. The second kappa shape index (κ2) is 9.84. The predicted molar refractivity (Wildman–Crippen MR) is 154 cm³/mol. The molecule has 1 aromatic heterocycles. The van der Waals surface area contributed by atoms with Gasteiger partial charge in [-0.25, -0.2) is 0 Å². The highest BCUT2D eigenvalue weighted by Gasteiger charge is 2.46. The van der Waals surface area contributed by atoms with Gasteiger partial charge in [-0.1, -0.05) is 133 Å². The number of fused-ring (bicyclic) bond motifs is 2. The summed E-state index contributed by atoms with van der Waals surface area (Å²) in [6.45, 7) is 0.653. The van der Waals surface area contributed by atoms with E-state index in [-0.39, 0.29) is 0 Å². The Morgan fingerprint density at radius 1 is 0.459 bits per heavy atom. The third-order valence-corrected chi connectivity index (χ3v) is 14.2. The lowest BCUT2D eigenvalue weighted by Crippen LogP contribution is -2.39. The van der Waals surface area contributed by atoms with Crippen molar-refractivity contribution in [3.05, 3.63) is 121 Å². The number of rotatable bonds is 6. The van der Waals surface area contributed by atoms with E-state index in [1.54, 1.807) is 0 Å². The van der Waals surface area contributed by atoms with Crippen LogP contribution in [0.15, 0.2) is 121 Å². The molecule has 4 aromatic carbocycles. The lowest BCUT2D eigenvalue weighted by atomic mass is 10.4. The first kappa shape index (κ1) is 24.0. The molecule has 0 saturated carbocycles. The Morgan fingerprint density at radius 3 is 1.00 bits per heavy atom. The van der Waals surface area contributed by atoms with Gasteiger partial charge in [-0.3, -0.25) is 0 Å². The molecule has 0 fully saturated rings. The van der Waals surface area contributed by atoms with Crippen molar-refractivity contribution in [1.29, 1.82) is 0 Å². The van der Waals surface area contributed by atoms with Crippen molar-refractivity contribution >= 4 is 57.4 Å². The van der Waals surface area contributed by atoms with Gasteiger partial charge in [0.2, 0.25) is 0 Å². The van der Waals surface area contributed by atoms with Gasteiger partial charge in [-0.05, 0) is 0 Å². The molecule has 7 heteroatoms. The number of ether oxygens (including phenoxy) is 2. The van der Waals surface area contributed by atoms with Crippen LogP contribution in [0.3, 0.4) is 0 Å². The summed E-state index contributed by atoms with van der Waals surface area (Å²) in [5, 5.41) is 4.59. The molecular weight excluding hydrogens is 518 g/mol. The van der Waals surface area contributed by atoms with E-state index in [1.807, 2.05) is 121 Å². The summed E-state index contributed by atoms with van der Waals surface area (Å²) in [4.78, 5) is 0. The first-order valence-corrected chi connectivity index (χ1v) is 16.2. The molecule has 1 aliphatic heterocycles. The van der Waals surface area contributed by atoms with Gasteiger partial charge in [0.25, 0.3) is 0 Å². The van der Waals surface area contributed by atoms with E-state index < -0.39 is 14.3 Å². The summed E-state index contributed by atoms with van der Waals surface area (Å²) in [5.41, 5.74) is 0. The summed E-state index contributed by atoms with van der Waals surface area (Å²) in [6.07, 6.45) is 0. The number of benzene rings is 4. The highest BCUT2D eigenvalue weighted by Crippen LogP contribution is 2.56. The molecule has 0 radical (unpaired) electrons. The summed E-state index contributed by atoms with van der Waals surface area (Å²) < 4.78 is 43.6. The number of hydrogen-bond donors (Lipinski definition) is 0. The van der Waals surface area contributed by atoms with Crippen molar-refractivity contribution in [2.24, 2.45) is 0 Å². The minimum atomic E-state index is -3.53. The smallest absolute Gasteiger partial charge is 0.189 e.